The van der Waals surface area contributed by atoms with Gasteiger partial charge in [-0.05, 0) is 31.0 Å². The number of hydrogen-bond acceptors (Lipinski definition) is 2. The highest BCUT2D eigenvalue weighted by Crippen LogP contribution is 2.34. The van der Waals surface area contributed by atoms with Gasteiger partial charge in [0.25, 0.3) is 5.91 Å². The Kier molecular flexibility index (Phi) is 4.38. The molecule has 1 heterocycles. The molecule has 0 saturated carbocycles. The molecule has 1 amide bonds. The summed E-state index contributed by atoms with van der Waals surface area (Å²) in [6.07, 6.45) is 0. The summed E-state index contributed by atoms with van der Waals surface area (Å²) in [5.41, 5.74) is 3.66. The third-order valence-corrected chi connectivity index (χ3v) is 4.76. The number of carbonyl (C=O) groups is 2. The van der Waals surface area contributed by atoms with Gasteiger partial charge >= 0.3 is 5.97 Å². The van der Waals surface area contributed by atoms with Crippen molar-refractivity contribution in [1.82, 2.24) is 4.90 Å². The van der Waals surface area contributed by atoms with Crippen LogP contribution in [0.1, 0.15) is 33.0 Å². The average molecular weight is 323 g/mol. The van der Waals surface area contributed by atoms with Gasteiger partial charge in [0.15, 0.2) is 0 Å². The van der Waals surface area contributed by atoms with E-state index < -0.39 is 11.9 Å². The molecule has 4 nitrogen and oxygen atoms in total. The normalized spacial score (nSPS) is 20.2. The fourth-order valence-corrected chi connectivity index (χ4v) is 3.48. The van der Waals surface area contributed by atoms with Crippen molar-refractivity contribution in [2.45, 2.75) is 19.8 Å². The number of rotatable bonds is 3. The molecule has 1 saturated heterocycles. The minimum atomic E-state index is -0.847. The number of carboxylic acids is 1. The van der Waals surface area contributed by atoms with Crippen molar-refractivity contribution in [3.63, 3.8) is 0 Å². The zero-order valence-electron chi connectivity index (χ0n) is 13.9. The summed E-state index contributed by atoms with van der Waals surface area (Å²) in [4.78, 5) is 26.2. The Morgan fingerprint density at radius 3 is 2.38 bits per heavy atom. The minimum Gasteiger partial charge on any atom is -0.481 e. The fraction of sp³-hybridized carbons (Fsp3) is 0.300. The average Bonchev–Trinajstić information content (AvgIpc) is 3.01. The molecule has 2 aromatic carbocycles. The first kappa shape index (κ1) is 16.2. The maximum absolute atomic E-state index is 12.9. The van der Waals surface area contributed by atoms with E-state index in [0.717, 1.165) is 16.7 Å². The van der Waals surface area contributed by atoms with E-state index in [1.165, 1.54) is 0 Å². The molecule has 2 atom stereocenters. The van der Waals surface area contributed by atoms with Crippen LogP contribution in [-0.4, -0.2) is 35.0 Å². The smallest absolute Gasteiger partial charge is 0.308 e. The van der Waals surface area contributed by atoms with Crippen LogP contribution in [0.3, 0.4) is 0 Å². The molecule has 0 spiro atoms. The second-order valence-electron chi connectivity index (χ2n) is 6.49. The van der Waals surface area contributed by atoms with E-state index in [1.54, 1.807) is 4.90 Å². The molecule has 4 heteroatoms. The lowest BCUT2D eigenvalue weighted by Crippen LogP contribution is -2.30. The molecule has 1 fully saturated rings. The van der Waals surface area contributed by atoms with Crippen LogP contribution in [0.25, 0.3) is 0 Å². The third kappa shape index (κ3) is 3.04. The second kappa shape index (κ2) is 6.48. The molecule has 1 aliphatic rings. The van der Waals surface area contributed by atoms with Crippen LogP contribution >= 0.6 is 0 Å². The topological polar surface area (TPSA) is 57.6 Å². The quantitative estimate of drug-likeness (QED) is 0.943. The summed E-state index contributed by atoms with van der Waals surface area (Å²) in [7, 11) is 0. The maximum Gasteiger partial charge on any atom is 0.308 e. The number of carbonyl (C=O) groups excluding carboxylic acids is 1. The summed E-state index contributed by atoms with van der Waals surface area (Å²) in [5.74, 6) is -1.67. The van der Waals surface area contributed by atoms with E-state index in [0.29, 0.717) is 12.1 Å². The first-order valence-electron chi connectivity index (χ1n) is 8.11. The van der Waals surface area contributed by atoms with Crippen molar-refractivity contribution in [3.8, 4) is 0 Å². The largest absolute Gasteiger partial charge is 0.481 e. The molecule has 124 valence electrons. The molecular weight excluding hydrogens is 302 g/mol. The van der Waals surface area contributed by atoms with Crippen molar-refractivity contribution in [2.24, 2.45) is 5.92 Å². The maximum atomic E-state index is 12.9. The Morgan fingerprint density at radius 1 is 1.04 bits per heavy atom. The number of amides is 1. The van der Waals surface area contributed by atoms with E-state index in [1.807, 2.05) is 62.4 Å². The Balaban J connectivity index is 1.87. The van der Waals surface area contributed by atoms with Crippen molar-refractivity contribution in [1.29, 1.82) is 0 Å². The lowest BCUT2D eigenvalue weighted by molar-refractivity contribution is -0.141. The molecule has 1 aliphatic heterocycles. The van der Waals surface area contributed by atoms with Crippen LogP contribution in [0.4, 0.5) is 0 Å². The van der Waals surface area contributed by atoms with Crippen LogP contribution in [0.15, 0.2) is 48.5 Å². The van der Waals surface area contributed by atoms with Gasteiger partial charge in [-0.25, -0.2) is 0 Å². The molecular formula is C20H21NO3. The second-order valence-corrected chi connectivity index (χ2v) is 6.49. The summed E-state index contributed by atoms with van der Waals surface area (Å²) < 4.78 is 0. The monoisotopic (exact) mass is 323 g/mol. The highest BCUT2D eigenvalue weighted by atomic mass is 16.4. The van der Waals surface area contributed by atoms with Crippen LogP contribution in [0, 0.1) is 19.8 Å². The SMILES string of the molecule is Cc1ccc(C(=O)N2C[C@H](C(=O)O)[C@H](c3ccccc3)C2)c(C)c1. The summed E-state index contributed by atoms with van der Waals surface area (Å²) in [6.45, 7) is 4.59. The number of aryl methyl sites for hydroxylation is 2. The van der Waals surface area contributed by atoms with Gasteiger partial charge in [-0.3, -0.25) is 9.59 Å². The highest BCUT2D eigenvalue weighted by molar-refractivity contribution is 5.96. The molecule has 0 aliphatic carbocycles. The van der Waals surface area contributed by atoms with Crippen molar-refractivity contribution < 1.29 is 14.7 Å². The summed E-state index contributed by atoms with van der Waals surface area (Å²) in [6, 6.07) is 15.3. The Morgan fingerprint density at radius 2 is 1.75 bits per heavy atom. The first-order chi connectivity index (χ1) is 11.5. The molecule has 3 rings (SSSR count). The Bertz CT molecular complexity index is 770. The van der Waals surface area contributed by atoms with Gasteiger partial charge in [0, 0.05) is 24.6 Å². The van der Waals surface area contributed by atoms with Crippen molar-refractivity contribution >= 4 is 11.9 Å². The Labute approximate surface area is 141 Å². The predicted octanol–water partition coefficient (Wildman–Crippen LogP) is 3.24. The van der Waals surface area contributed by atoms with Crippen molar-refractivity contribution in [3.05, 3.63) is 70.8 Å². The number of hydrogen-bond donors (Lipinski definition) is 1. The standard InChI is InChI=1S/C20H21NO3/c1-13-8-9-16(14(2)10-13)19(22)21-11-17(18(12-21)20(23)24)15-6-4-3-5-7-15/h3-10,17-18H,11-12H2,1-2H3,(H,23,24)/t17-,18-/m0/s1. The lowest BCUT2D eigenvalue weighted by atomic mass is 9.89. The number of carboxylic acid groups (broad SMARTS) is 1. The van der Waals surface area contributed by atoms with E-state index in [-0.39, 0.29) is 18.4 Å². The van der Waals surface area contributed by atoms with Gasteiger partial charge in [-0.15, -0.1) is 0 Å². The molecule has 24 heavy (non-hydrogen) atoms. The number of aliphatic carboxylic acids is 1. The minimum absolute atomic E-state index is 0.0859. The fourth-order valence-electron chi connectivity index (χ4n) is 3.48. The highest BCUT2D eigenvalue weighted by Gasteiger charge is 2.40. The third-order valence-electron chi connectivity index (χ3n) is 4.76. The van der Waals surface area contributed by atoms with E-state index in [9.17, 15) is 14.7 Å². The van der Waals surface area contributed by atoms with Gasteiger partial charge in [-0.1, -0.05) is 48.0 Å². The van der Waals surface area contributed by atoms with E-state index in [2.05, 4.69) is 0 Å². The van der Waals surface area contributed by atoms with Gasteiger partial charge in [0.05, 0.1) is 5.92 Å². The van der Waals surface area contributed by atoms with Gasteiger partial charge in [0.1, 0.15) is 0 Å². The zero-order valence-corrected chi connectivity index (χ0v) is 13.9. The molecule has 1 N–H and O–H groups in total. The summed E-state index contributed by atoms with van der Waals surface area (Å²) in [5, 5.41) is 9.57. The van der Waals surface area contributed by atoms with Crippen LogP contribution in [0.2, 0.25) is 0 Å². The molecule has 0 bridgehead atoms. The Hall–Kier alpha value is -2.62. The number of likely N-dealkylation sites (tertiary alicyclic amines) is 1. The predicted molar refractivity (Wildman–Crippen MR) is 92.1 cm³/mol. The zero-order chi connectivity index (χ0) is 17.3. The van der Waals surface area contributed by atoms with Crippen LogP contribution in [-0.2, 0) is 4.79 Å². The summed E-state index contributed by atoms with van der Waals surface area (Å²) >= 11 is 0. The van der Waals surface area contributed by atoms with Crippen LogP contribution < -0.4 is 0 Å². The van der Waals surface area contributed by atoms with Gasteiger partial charge < -0.3 is 10.0 Å². The van der Waals surface area contributed by atoms with Gasteiger partial charge in [-0.2, -0.15) is 0 Å². The number of benzene rings is 2. The lowest BCUT2D eigenvalue weighted by Gasteiger charge is -2.18. The van der Waals surface area contributed by atoms with E-state index >= 15 is 0 Å². The number of nitrogens with zero attached hydrogens (tertiary/aromatic N) is 1. The molecule has 0 unspecified atom stereocenters. The molecule has 2 aromatic rings. The van der Waals surface area contributed by atoms with E-state index in [4.69, 9.17) is 0 Å². The molecule has 0 radical (unpaired) electrons. The van der Waals surface area contributed by atoms with Crippen LogP contribution in [0.5, 0.6) is 0 Å². The first-order valence-corrected chi connectivity index (χ1v) is 8.11. The van der Waals surface area contributed by atoms with Crippen molar-refractivity contribution in [2.75, 3.05) is 13.1 Å². The van der Waals surface area contributed by atoms with Gasteiger partial charge in [0.2, 0.25) is 0 Å². The molecule has 0 aromatic heterocycles.